The Balaban J connectivity index is 1.93. The van der Waals surface area contributed by atoms with Crippen molar-refractivity contribution in [2.24, 2.45) is 0 Å². The van der Waals surface area contributed by atoms with Crippen LogP contribution in [0.25, 0.3) is 0 Å². The van der Waals surface area contributed by atoms with Crippen LogP contribution in [0, 0.1) is 10.1 Å². The SMILES string of the molecule is CC(C)(C)NC[C@@H](COc1ccccc1C1CCCC1)OC(=O)CCCO[N+](=O)[O-]. The zero-order valence-electron chi connectivity index (χ0n) is 18.2. The molecular formula is C22H34N2O6. The highest BCUT2D eigenvalue weighted by Crippen LogP contribution is 2.38. The summed E-state index contributed by atoms with van der Waals surface area (Å²) in [5.74, 6) is 0.951. The van der Waals surface area contributed by atoms with Gasteiger partial charge in [-0.25, -0.2) is 0 Å². The van der Waals surface area contributed by atoms with Crippen molar-refractivity contribution in [3.05, 3.63) is 39.9 Å². The van der Waals surface area contributed by atoms with Crippen molar-refractivity contribution >= 4 is 5.97 Å². The Morgan fingerprint density at radius 3 is 2.63 bits per heavy atom. The number of hydrogen-bond donors (Lipinski definition) is 1. The summed E-state index contributed by atoms with van der Waals surface area (Å²) >= 11 is 0. The van der Waals surface area contributed by atoms with Crippen LogP contribution in [-0.4, -0.2) is 42.5 Å². The van der Waals surface area contributed by atoms with Crippen molar-refractivity contribution in [3.63, 3.8) is 0 Å². The van der Waals surface area contributed by atoms with E-state index in [1.54, 1.807) is 0 Å². The molecule has 1 N–H and O–H groups in total. The molecule has 1 aromatic carbocycles. The molecule has 1 fully saturated rings. The van der Waals surface area contributed by atoms with E-state index >= 15 is 0 Å². The number of nitrogens with one attached hydrogen (secondary N) is 1. The first-order valence-corrected chi connectivity index (χ1v) is 10.7. The van der Waals surface area contributed by atoms with E-state index in [9.17, 15) is 14.9 Å². The van der Waals surface area contributed by atoms with Crippen molar-refractivity contribution in [2.45, 2.75) is 76.9 Å². The molecule has 0 aliphatic heterocycles. The zero-order valence-corrected chi connectivity index (χ0v) is 18.2. The summed E-state index contributed by atoms with van der Waals surface area (Å²) in [6.45, 7) is 6.68. The van der Waals surface area contributed by atoms with Crippen molar-refractivity contribution in [1.82, 2.24) is 5.32 Å². The molecule has 1 aliphatic rings. The Kier molecular flexibility index (Phi) is 9.36. The third-order valence-electron chi connectivity index (χ3n) is 5.02. The molecule has 0 spiro atoms. The first-order chi connectivity index (χ1) is 14.2. The van der Waals surface area contributed by atoms with Gasteiger partial charge in [-0.3, -0.25) is 4.79 Å². The quantitative estimate of drug-likeness (QED) is 0.235. The molecule has 1 aromatic rings. The number of hydrogen-bond acceptors (Lipinski definition) is 7. The minimum absolute atomic E-state index is 0.0541. The maximum absolute atomic E-state index is 12.2. The van der Waals surface area contributed by atoms with Crippen LogP contribution < -0.4 is 10.1 Å². The summed E-state index contributed by atoms with van der Waals surface area (Å²) in [4.78, 5) is 26.6. The molecule has 0 heterocycles. The van der Waals surface area contributed by atoms with E-state index < -0.39 is 17.2 Å². The average Bonchev–Trinajstić information content (AvgIpc) is 3.21. The standard InChI is InChI=1S/C22H34N2O6/c1-22(2,3)23-15-18(30-21(25)13-8-14-29-24(26)27)16-28-20-12-7-6-11-19(20)17-9-4-5-10-17/h6-7,11-12,17-18,23H,4-5,8-10,13-16H2,1-3H3/t18-/m0/s1. The van der Waals surface area contributed by atoms with Crippen LogP contribution in [-0.2, 0) is 14.4 Å². The molecule has 0 amide bonds. The van der Waals surface area contributed by atoms with Gasteiger partial charge >= 0.3 is 5.97 Å². The van der Waals surface area contributed by atoms with Gasteiger partial charge in [0.25, 0.3) is 5.09 Å². The second-order valence-electron chi connectivity index (χ2n) is 8.73. The highest BCUT2D eigenvalue weighted by atomic mass is 16.9. The fourth-order valence-corrected chi connectivity index (χ4v) is 3.52. The molecule has 30 heavy (non-hydrogen) atoms. The fourth-order valence-electron chi connectivity index (χ4n) is 3.52. The maximum atomic E-state index is 12.2. The Morgan fingerprint density at radius 1 is 1.27 bits per heavy atom. The molecule has 0 unspecified atom stereocenters. The van der Waals surface area contributed by atoms with Gasteiger partial charge in [-0.05, 0) is 57.6 Å². The Hall–Kier alpha value is -2.35. The van der Waals surface area contributed by atoms with Crippen LogP contribution in [0.2, 0.25) is 0 Å². The molecule has 2 rings (SSSR count). The van der Waals surface area contributed by atoms with Crippen molar-refractivity contribution in [3.8, 4) is 5.75 Å². The van der Waals surface area contributed by atoms with Crippen LogP contribution >= 0.6 is 0 Å². The number of esters is 1. The zero-order chi connectivity index (χ0) is 22.0. The lowest BCUT2D eigenvalue weighted by atomic mass is 9.97. The molecule has 0 radical (unpaired) electrons. The summed E-state index contributed by atoms with van der Waals surface area (Å²) in [6.07, 6.45) is 4.66. The van der Waals surface area contributed by atoms with Gasteiger partial charge in [0.2, 0.25) is 0 Å². The first-order valence-electron chi connectivity index (χ1n) is 10.7. The van der Waals surface area contributed by atoms with Gasteiger partial charge in [-0.15, -0.1) is 10.1 Å². The van der Waals surface area contributed by atoms with Crippen molar-refractivity contribution < 1.29 is 24.2 Å². The van der Waals surface area contributed by atoms with Crippen LogP contribution in [0.1, 0.15) is 70.8 Å². The van der Waals surface area contributed by atoms with E-state index in [1.807, 2.05) is 39.0 Å². The van der Waals surface area contributed by atoms with Gasteiger partial charge < -0.3 is 19.6 Å². The lowest BCUT2D eigenvalue weighted by molar-refractivity contribution is -0.757. The van der Waals surface area contributed by atoms with E-state index in [4.69, 9.17) is 9.47 Å². The summed E-state index contributed by atoms with van der Waals surface area (Å²) in [5.41, 5.74) is 1.09. The highest BCUT2D eigenvalue weighted by molar-refractivity contribution is 5.69. The number of nitrogens with zero attached hydrogens (tertiary/aromatic N) is 1. The summed E-state index contributed by atoms with van der Waals surface area (Å²) < 4.78 is 11.7. The highest BCUT2D eigenvalue weighted by Gasteiger charge is 2.23. The molecule has 1 atom stereocenters. The lowest BCUT2D eigenvalue weighted by Gasteiger charge is -2.26. The van der Waals surface area contributed by atoms with E-state index in [0.717, 1.165) is 5.75 Å². The molecule has 8 nitrogen and oxygen atoms in total. The summed E-state index contributed by atoms with van der Waals surface area (Å²) in [6, 6.07) is 8.08. The number of ether oxygens (including phenoxy) is 2. The minimum Gasteiger partial charge on any atom is -0.489 e. The lowest BCUT2D eigenvalue weighted by Crippen LogP contribution is -2.44. The van der Waals surface area contributed by atoms with Crippen molar-refractivity contribution in [2.75, 3.05) is 19.8 Å². The topological polar surface area (TPSA) is 99.9 Å². The Morgan fingerprint density at radius 2 is 1.97 bits per heavy atom. The largest absolute Gasteiger partial charge is 0.489 e. The Bertz CT molecular complexity index is 682. The summed E-state index contributed by atoms with van der Waals surface area (Å²) in [5, 5.41) is 12.7. The molecule has 0 aromatic heterocycles. The second kappa shape index (κ2) is 11.7. The number of benzene rings is 1. The minimum atomic E-state index is -0.864. The third-order valence-corrected chi connectivity index (χ3v) is 5.02. The van der Waals surface area contributed by atoms with Gasteiger partial charge in [0.15, 0.2) is 0 Å². The summed E-state index contributed by atoms with van der Waals surface area (Å²) in [7, 11) is 0. The predicted octanol–water partition coefficient (Wildman–Crippen LogP) is 4.01. The van der Waals surface area contributed by atoms with Gasteiger partial charge in [0, 0.05) is 18.5 Å². The normalized spacial score (nSPS) is 15.6. The van der Waals surface area contributed by atoms with E-state index in [0.29, 0.717) is 12.5 Å². The van der Waals surface area contributed by atoms with Crippen LogP contribution in [0.4, 0.5) is 0 Å². The van der Waals surface area contributed by atoms with Gasteiger partial charge in [-0.2, -0.15) is 0 Å². The molecule has 0 bridgehead atoms. The average molecular weight is 423 g/mol. The fraction of sp³-hybridized carbons (Fsp3) is 0.682. The molecular weight excluding hydrogens is 388 g/mol. The van der Waals surface area contributed by atoms with Gasteiger partial charge in [0.05, 0.1) is 6.61 Å². The van der Waals surface area contributed by atoms with Crippen LogP contribution in [0.5, 0.6) is 5.75 Å². The second-order valence-corrected chi connectivity index (χ2v) is 8.73. The van der Waals surface area contributed by atoms with E-state index in [2.05, 4.69) is 16.2 Å². The molecule has 1 saturated carbocycles. The van der Waals surface area contributed by atoms with Gasteiger partial charge in [0.1, 0.15) is 18.5 Å². The molecule has 1 aliphatic carbocycles. The van der Waals surface area contributed by atoms with Crippen LogP contribution in [0.3, 0.4) is 0 Å². The number of carbonyl (C=O) groups excluding carboxylic acids is 1. The van der Waals surface area contributed by atoms with E-state index in [1.165, 1.54) is 31.2 Å². The molecule has 0 saturated heterocycles. The van der Waals surface area contributed by atoms with Crippen molar-refractivity contribution in [1.29, 1.82) is 0 Å². The Labute approximate surface area is 178 Å². The number of rotatable bonds is 12. The smallest absolute Gasteiger partial charge is 0.306 e. The molecule has 168 valence electrons. The predicted molar refractivity (Wildman–Crippen MR) is 113 cm³/mol. The van der Waals surface area contributed by atoms with Gasteiger partial charge in [-0.1, -0.05) is 31.0 Å². The first kappa shape index (κ1) is 23.9. The third kappa shape index (κ3) is 8.98. The number of carbonyl (C=O) groups is 1. The monoisotopic (exact) mass is 422 g/mol. The number of para-hydroxylation sites is 1. The van der Waals surface area contributed by atoms with Crippen LogP contribution in [0.15, 0.2) is 24.3 Å². The van der Waals surface area contributed by atoms with E-state index in [-0.39, 0.29) is 31.6 Å². The molecule has 8 heteroatoms. The maximum Gasteiger partial charge on any atom is 0.306 e.